The number of aryl methyl sites for hydroxylation is 2. The molecule has 1 saturated heterocycles. The number of hydrogen-bond donors (Lipinski definition) is 1. The molecule has 6 nitrogen and oxygen atoms in total. The van der Waals surface area contributed by atoms with E-state index in [2.05, 4.69) is 10.4 Å². The van der Waals surface area contributed by atoms with Crippen molar-refractivity contribution in [3.8, 4) is 5.69 Å². The summed E-state index contributed by atoms with van der Waals surface area (Å²) in [7, 11) is 0. The summed E-state index contributed by atoms with van der Waals surface area (Å²) in [5, 5.41) is 7.45. The molecule has 1 fully saturated rings. The fourth-order valence-corrected chi connectivity index (χ4v) is 3.60. The van der Waals surface area contributed by atoms with E-state index >= 15 is 0 Å². The van der Waals surface area contributed by atoms with Crippen LogP contribution in [0.5, 0.6) is 0 Å². The van der Waals surface area contributed by atoms with Gasteiger partial charge in [-0.2, -0.15) is 5.10 Å². The van der Waals surface area contributed by atoms with Crippen molar-refractivity contribution in [2.45, 2.75) is 53.0 Å². The van der Waals surface area contributed by atoms with Crippen molar-refractivity contribution in [2.24, 2.45) is 5.92 Å². The summed E-state index contributed by atoms with van der Waals surface area (Å²) in [5.41, 5.74) is 3.71. The van der Waals surface area contributed by atoms with Crippen LogP contribution in [0.2, 0.25) is 0 Å². The van der Waals surface area contributed by atoms with Gasteiger partial charge in [-0.15, -0.1) is 0 Å². The van der Waals surface area contributed by atoms with E-state index in [0.717, 1.165) is 35.6 Å². The van der Waals surface area contributed by atoms with E-state index < -0.39 is 0 Å². The van der Waals surface area contributed by atoms with Gasteiger partial charge in [0.2, 0.25) is 11.8 Å². The van der Waals surface area contributed by atoms with Gasteiger partial charge in [0.25, 0.3) is 0 Å². The van der Waals surface area contributed by atoms with Crippen molar-refractivity contribution in [1.82, 2.24) is 14.7 Å². The van der Waals surface area contributed by atoms with Gasteiger partial charge in [-0.05, 0) is 63.4 Å². The minimum atomic E-state index is -0.385. The van der Waals surface area contributed by atoms with Crippen molar-refractivity contribution >= 4 is 17.5 Å². The molecule has 0 bridgehead atoms. The SMILES string of the molecule is Cc1cc(C)n(-c2ccc(NC(=O)[C@@H]3CCCCN3C(=O)C(C)C)cc2)n1. The van der Waals surface area contributed by atoms with E-state index in [1.165, 1.54) is 0 Å². The Balaban J connectivity index is 1.71. The fourth-order valence-electron chi connectivity index (χ4n) is 3.60. The van der Waals surface area contributed by atoms with Gasteiger partial charge in [-0.25, -0.2) is 4.68 Å². The third-order valence-electron chi connectivity index (χ3n) is 4.97. The van der Waals surface area contributed by atoms with Gasteiger partial charge in [-0.3, -0.25) is 9.59 Å². The zero-order valence-corrected chi connectivity index (χ0v) is 16.5. The number of benzene rings is 1. The van der Waals surface area contributed by atoms with Gasteiger partial charge in [0, 0.05) is 23.8 Å². The first-order valence-corrected chi connectivity index (χ1v) is 9.62. The summed E-state index contributed by atoms with van der Waals surface area (Å²) in [6.07, 6.45) is 2.64. The maximum absolute atomic E-state index is 12.8. The van der Waals surface area contributed by atoms with Gasteiger partial charge in [0.1, 0.15) is 6.04 Å². The van der Waals surface area contributed by atoms with Crippen molar-refractivity contribution < 1.29 is 9.59 Å². The molecular weight excluding hydrogens is 340 g/mol. The second kappa shape index (κ2) is 7.94. The van der Waals surface area contributed by atoms with E-state index in [-0.39, 0.29) is 23.8 Å². The average molecular weight is 368 g/mol. The highest BCUT2D eigenvalue weighted by Gasteiger charge is 2.33. The molecule has 2 amide bonds. The summed E-state index contributed by atoms with van der Waals surface area (Å²) in [5.74, 6) is -0.157. The number of aromatic nitrogens is 2. The molecule has 0 unspecified atom stereocenters. The molecule has 2 aromatic rings. The van der Waals surface area contributed by atoms with E-state index in [1.807, 2.05) is 62.7 Å². The number of hydrogen-bond acceptors (Lipinski definition) is 3. The van der Waals surface area contributed by atoms with Crippen LogP contribution in [-0.4, -0.2) is 39.1 Å². The molecule has 1 aliphatic rings. The predicted molar refractivity (Wildman–Crippen MR) is 106 cm³/mol. The Morgan fingerprint density at radius 1 is 1.15 bits per heavy atom. The van der Waals surface area contributed by atoms with E-state index in [0.29, 0.717) is 13.0 Å². The monoisotopic (exact) mass is 368 g/mol. The lowest BCUT2D eigenvalue weighted by Gasteiger charge is -2.35. The van der Waals surface area contributed by atoms with E-state index in [9.17, 15) is 9.59 Å². The van der Waals surface area contributed by atoms with Crippen LogP contribution < -0.4 is 5.32 Å². The van der Waals surface area contributed by atoms with Crippen LogP contribution >= 0.6 is 0 Å². The quantitative estimate of drug-likeness (QED) is 0.899. The zero-order chi connectivity index (χ0) is 19.6. The van der Waals surface area contributed by atoms with Crippen LogP contribution in [-0.2, 0) is 9.59 Å². The lowest BCUT2D eigenvalue weighted by molar-refractivity contribution is -0.142. The van der Waals surface area contributed by atoms with E-state index in [4.69, 9.17) is 0 Å². The second-order valence-corrected chi connectivity index (χ2v) is 7.57. The van der Waals surface area contributed by atoms with Crippen LogP contribution in [0.4, 0.5) is 5.69 Å². The summed E-state index contributed by atoms with van der Waals surface area (Å²) in [6, 6.07) is 9.27. The maximum Gasteiger partial charge on any atom is 0.247 e. The molecule has 27 heavy (non-hydrogen) atoms. The zero-order valence-electron chi connectivity index (χ0n) is 16.5. The Labute approximate surface area is 160 Å². The van der Waals surface area contributed by atoms with Crippen LogP contribution in [0, 0.1) is 19.8 Å². The third-order valence-corrected chi connectivity index (χ3v) is 4.97. The topological polar surface area (TPSA) is 67.2 Å². The number of likely N-dealkylation sites (tertiary alicyclic amines) is 1. The highest BCUT2D eigenvalue weighted by molar-refractivity contribution is 5.97. The molecular formula is C21H28N4O2. The number of nitrogens with one attached hydrogen (secondary N) is 1. The van der Waals surface area contributed by atoms with Gasteiger partial charge in [0.05, 0.1) is 11.4 Å². The smallest absolute Gasteiger partial charge is 0.247 e. The molecule has 1 aromatic carbocycles. The molecule has 1 aromatic heterocycles. The molecule has 0 saturated carbocycles. The van der Waals surface area contributed by atoms with Gasteiger partial charge >= 0.3 is 0 Å². The Bertz CT molecular complexity index is 823. The number of amides is 2. The highest BCUT2D eigenvalue weighted by Crippen LogP contribution is 2.22. The largest absolute Gasteiger partial charge is 0.330 e. The number of anilines is 1. The molecule has 1 atom stereocenters. The predicted octanol–water partition coefficient (Wildman–Crippen LogP) is 3.46. The fraction of sp³-hybridized carbons (Fsp3) is 0.476. The van der Waals surface area contributed by atoms with Crippen molar-refractivity contribution in [3.05, 3.63) is 41.7 Å². The number of nitrogens with zero attached hydrogens (tertiary/aromatic N) is 3. The normalized spacial score (nSPS) is 17.2. The van der Waals surface area contributed by atoms with Crippen molar-refractivity contribution in [3.63, 3.8) is 0 Å². The lowest BCUT2D eigenvalue weighted by Crippen LogP contribution is -2.51. The molecule has 2 heterocycles. The van der Waals surface area contributed by atoms with Crippen LogP contribution in [0.25, 0.3) is 5.69 Å². The Kier molecular flexibility index (Phi) is 5.63. The number of piperidine rings is 1. The maximum atomic E-state index is 12.8. The summed E-state index contributed by atoms with van der Waals surface area (Å²) in [4.78, 5) is 27.0. The van der Waals surface area contributed by atoms with Crippen LogP contribution in [0.3, 0.4) is 0 Å². The first-order valence-electron chi connectivity index (χ1n) is 9.62. The van der Waals surface area contributed by atoms with Crippen molar-refractivity contribution in [1.29, 1.82) is 0 Å². The standard InChI is InChI=1S/C21H28N4O2/c1-14(2)21(27)24-12-6-5-7-19(24)20(26)22-17-8-10-18(11-9-17)25-16(4)13-15(3)23-25/h8-11,13-14,19H,5-7,12H2,1-4H3,(H,22,26)/t19-/m0/s1. The molecule has 0 radical (unpaired) electrons. The average Bonchev–Trinajstić information content (AvgIpc) is 2.99. The van der Waals surface area contributed by atoms with Crippen molar-refractivity contribution in [2.75, 3.05) is 11.9 Å². The second-order valence-electron chi connectivity index (χ2n) is 7.57. The minimum absolute atomic E-state index is 0.0507. The van der Waals surface area contributed by atoms with Crippen LogP contribution in [0.1, 0.15) is 44.5 Å². The van der Waals surface area contributed by atoms with Gasteiger partial charge < -0.3 is 10.2 Å². The molecule has 3 rings (SSSR count). The highest BCUT2D eigenvalue weighted by atomic mass is 16.2. The molecule has 1 aliphatic heterocycles. The number of rotatable bonds is 4. The molecule has 0 aliphatic carbocycles. The van der Waals surface area contributed by atoms with Gasteiger partial charge in [-0.1, -0.05) is 13.8 Å². The molecule has 1 N–H and O–H groups in total. The number of carbonyl (C=O) groups is 2. The minimum Gasteiger partial charge on any atom is -0.330 e. The summed E-state index contributed by atoms with van der Waals surface area (Å²) >= 11 is 0. The summed E-state index contributed by atoms with van der Waals surface area (Å²) in [6.45, 7) is 8.39. The van der Waals surface area contributed by atoms with Gasteiger partial charge in [0.15, 0.2) is 0 Å². The molecule has 0 spiro atoms. The molecule has 144 valence electrons. The Morgan fingerprint density at radius 2 is 1.85 bits per heavy atom. The Morgan fingerprint density at radius 3 is 2.44 bits per heavy atom. The molecule has 6 heteroatoms. The van der Waals surface area contributed by atoms with E-state index in [1.54, 1.807) is 4.90 Å². The summed E-state index contributed by atoms with van der Waals surface area (Å²) < 4.78 is 1.88. The number of carbonyl (C=O) groups excluding carboxylic acids is 2. The Hall–Kier alpha value is -2.63. The third kappa shape index (κ3) is 4.21. The van der Waals surface area contributed by atoms with Crippen LogP contribution in [0.15, 0.2) is 30.3 Å². The lowest BCUT2D eigenvalue weighted by atomic mass is 9.99. The first-order chi connectivity index (χ1) is 12.9. The first kappa shape index (κ1) is 19.1.